The zero-order valence-corrected chi connectivity index (χ0v) is 13.7. The summed E-state index contributed by atoms with van der Waals surface area (Å²) in [4.78, 5) is 26.4. The molecule has 1 fully saturated rings. The summed E-state index contributed by atoms with van der Waals surface area (Å²) in [5, 5.41) is 2.77. The Labute approximate surface area is 140 Å². The normalized spacial score (nSPS) is 17.2. The molecule has 2 aromatic carbocycles. The second-order valence-electron chi connectivity index (χ2n) is 6.12. The molecule has 4 nitrogen and oxygen atoms in total. The van der Waals surface area contributed by atoms with Crippen LogP contribution in [0.3, 0.4) is 0 Å². The van der Waals surface area contributed by atoms with Crippen LogP contribution in [-0.4, -0.2) is 18.4 Å². The van der Waals surface area contributed by atoms with Crippen LogP contribution in [-0.2, 0) is 9.59 Å². The van der Waals surface area contributed by atoms with E-state index >= 15 is 0 Å². The van der Waals surface area contributed by atoms with E-state index in [4.69, 9.17) is 0 Å². The van der Waals surface area contributed by atoms with Gasteiger partial charge >= 0.3 is 0 Å². The van der Waals surface area contributed by atoms with Crippen LogP contribution in [0.2, 0.25) is 0 Å². The van der Waals surface area contributed by atoms with Crippen molar-refractivity contribution in [2.45, 2.75) is 20.3 Å². The summed E-state index contributed by atoms with van der Waals surface area (Å²) in [6.07, 6.45) is 0.423. The lowest BCUT2D eigenvalue weighted by molar-refractivity contribution is -0.129. The molecular formula is C19H19FN2O2. The Kier molecular flexibility index (Phi) is 4.34. The molecule has 1 N–H and O–H groups in total. The second kappa shape index (κ2) is 6.43. The first-order valence-electron chi connectivity index (χ1n) is 7.91. The van der Waals surface area contributed by atoms with E-state index in [9.17, 15) is 14.0 Å². The third kappa shape index (κ3) is 3.15. The fourth-order valence-electron chi connectivity index (χ4n) is 2.80. The van der Waals surface area contributed by atoms with Crippen LogP contribution in [0.4, 0.5) is 15.8 Å². The fraction of sp³-hybridized carbons (Fsp3) is 0.263. The van der Waals surface area contributed by atoms with E-state index < -0.39 is 5.92 Å². The fourth-order valence-corrected chi connectivity index (χ4v) is 2.80. The Bertz CT molecular complexity index is 786. The summed E-state index contributed by atoms with van der Waals surface area (Å²) in [6.45, 7) is 4.04. The van der Waals surface area contributed by atoms with Crippen molar-refractivity contribution in [1.29, 1.82) is 0 Å². The highest BCUT2D eigenvalue weighted by molar-refractivity contribution is 6.13. The summed E-state index contributed by atoms with van der Waals surface area (Å²) in [5.74, 6) is -1.70. The minimum Gasteiger partial charge on any atom is -0.325 e. The molecule has 2 aromatic rings. The Morgan fingerprint density at radius 1 is 1.17 bits per heavy atom. The number of carbonyl (C=O) groups is 2. The molecule has 3 rings (SSSR count). The van der Waals surface area contributed by atoms with Gasteiger partial charge in [-0.1, -0.05) is 23.8 Å². The highest BCUT2D eigenvalue weighted by Gasteiger charge is 2.37. The first-order chi connectivity index (χ1) is 11.5. The van der Waals surface area contributed by atoms with Gasteiger partial charge in [-0.25, -0.2) is 4.39 Å². The number of rotatable bonds is 3. The summed E-state index contributed by atoms with van der Waals surface area (Å²) < 4.78 is 13.7. The molecule has 1 unspecified atom stereocenters. The van der Waals surface area contributed by atoms with Crippen LogP contribution >= 0.6 is 0 Å². The van der Waals surface area contributed by atoms with Crippen molar-refractivity contribution in [2.24, 2.45) is 5.92 Å². The average Bonchev–Trinajstić information content (AvgIpc) is 2.94. The van der Waals surface area contributed by atoms with Crippen molar-refractivity contribution in [3.05, 3.63) is 59.4 Å². The Morgan fingerprint density at radius 3 is 2.54 bits per heavy atom. The number of aryl methyl sites for hydroxylation is 2. The van der Waals surface area contributed by atoms with E-state index in [2.05, 4.69) is 5.32 Å². The molecule has 2 amide bonds. The Morgan fingerprint density at radius 2 is 1.88 bits per heavy atom. The van der Waals surface area contributed by atoms with Crippen LogP contribution in [0.5, 0.6) is 0 Å². The third-order valence-corrected chi connectivity index (χ3v) is 4.31. The van der Waals surface area contributed by atoms with Gasteiger partial charge in [0.25, 0.3) is 0 Å². The Hall–Kier alpha value is -2.69. The summed E-state index contributed by atoms with van der Waals surface area (Å²) in [5.41, 5.74) is 2.78. The van der Waals surface area contributed by atoms with Gasteiger partial charge in [0.15, 0.2) is 0 Å². The topological polar surface area (TPSA) is 49.4 Å². The van der Waals surface area contributed by atoms with Gasteiger partial charge in [-0.05, 0) is 50.1 Å². The van der Waals surface area contributed by atoms with Crippen molar-refractivity contribution in [1.82, 2.24) is 0 Å². The molecule has 124 valence electrons. The van der Waals surface area contributed by atoms with Crippen LogP contribution < -0.4 is 10.2 Å². The second-order valence-corrected chi connectivity index (χ2v) is 6.12. The molecule has 0 bridgehead atoms. The number of anilines is 2. The summed E-state index contributed by atoms with van der Waals surface area (Å²) in [7, 11) is 0. The molecule has 1 aliphatic heterocycles. The quantitative estimate of drug-likeness (QED) is 0.879. The molecular weight excluding hydrogens is 307 g/mol. The Balaban J connectivity index is 1.72. The summed E-state index contributed by atoms with van der Waals surface area (Å²) >= 11 is 0. The van der Waals surface area contributed by atoms with E-state index in [1.807, 2.05) is 19.1 Å². The van der Waals surface area contributed by atoms with Gasteiger partial charge in [0, 0.05) is 17.9 Å². The molecule has 0 spiro atoms. The van der Waals surface area contributed by atoms with Gasteiger partial charge < -0.3 is 10.2 Å². The zero-order valence-electron chi connectivity index (χ0n) is 13.7. The first kappa shape index (κ1) is 16.2. The van der Waals surface area contributed by atoms with Crippen molar-refractivity contribution >= 4 is 23.2 Å². The minimum atomic E-state index is -0.740. The number of benzene rings is 2. The van der Waals surface area contributed by atoms with Crippen molar-refractivity contribution in [2.75, 3.05) is 16.8 Å². The molecule has 1 atom stereocenters. The van der Waals surface area contributed by atoms with Crippen molar-refractivity contribution in [3.8, 4) is 0 Å². The molecule has 0 aliphatic carbocycles. The SMILES string of the molecule is Cc1ccc(NC(=O)C2CCN(c3ccc(C)c(F)c3)C2=O)cc1. The van der Waals surface area contributed by atoms with Gasteiger partial charge in [-0.3, -0.25) is 9.59 Å². The first-order valence-corrected chi connectivity index (χ1v) is 7.91. The minimum absolute atomic E-state index is 0.289. The van der Waals surface area contributed by atoms with Crippen LogP contribution in [0.15, 0.2) is 42.5 Å². The lowest BCUT2D eigenvalue weighted by atomic mass is 10.1. The third-order valence-electron chi connectivity index (χ3n) is 4.31. The van der Waals surface area contributed by atoms with Gasteiger partial charge in [0.2, 0.25) is 11.8 Å². The maximum Gasteiger partial charge on any atom is 0.239 e. The lowest BCUT2D eigenvalue weighted by Crippen LogP contribution is -2.33. The average molecular weight is 326 g/mol. The molecule has 0 radical (unpaired) electrons. The number of amides is 2. The van der Waals surface area contributed by atoms with Gasteiger partial charge in [0.05, 0.1) is 0 Å². The van der Waals surface area contributed by atoms with E-state index in [0.717, 1.165) is 5.56 Å². The number of nitrogens with one attached hydrogen (secondary N) is 1. The van der Waals surface area contributed by atoms with Crippen LogP contribution in [0, 0.1) is 25.6 Å². The smallest absolute Gasteiger partial charge is 0.239 e. The lowest BCUT2D eigenvalue weighted by Gasteiger charge is -2.17. The molecule has 0 saturated carbocycles. The monoisotopic (exact) mass is 326 g/mol. The molecule has 24 heavy (non-hydrogen) atoms. The van der Waals surface area contributed by atoms with E-state index in [0.29, 0.717) is 29.9 Å². The highest BCUT2D eigenvalue weighted by Crippen LogP contribution is 2.27. The van der Waals surface area contributed by atoms with Crippen molar-refractivity contribution < 1.29 is 14.0 Å². The van der Waals surface area contributed by atoms with Crippen LogP contribution in [0.1, 0.15) is 17.5 Å². The maximum absolute atomic E-state index is 13.7. The molecule has 1 saturated heterocycles. The van der Waals surface area contributed by atoms with E-state index in [-0.39, 0.29) is 17.6 Å². The number of hydrogen-bond acceptors (Lipinski definition) is 2. The predicted octanol–water partition coefficient (Wildman–Crippen LogP) is 3.43. The largest absolute Gasteiger partial charge is 0.325 e. The van der Waals surface area contributed by atoms with Gasteiger partial charge in [-0.2, -0.15) is 0 Å². The molecule has 5 heteroatoms. The highest BCUT2D eigenvalue weighted by atomic mass is 19.1. The molecule has 1 heterocycles. The van der Waals surface area contributed by atoms with Gasteiger partial charge in [0.1, 0.15) is 11.7 Å². The summed E-state index contributed by atoms with van der Waals surface area (Å²) in [6, 6.07) is 12.1. The standard InChI is InChI=1S/C19H19FN2O2/c1-12-3-6-14(7-4-12)21-18(23)16-9-10-22(19(16)24)15-8-5-13(2)17(20)11-15/h3-8,11,16H,9-10H2,1-2H3,(H,21,23). The number of halogens is 1. The number of hydrogen-bond donors (Lipinski definition) is 1. The van der Waals surface area contributed by atoms with E-state index in [1.54, 1.807) is 31.2 Å². The van der Waals surface area contributed by atoms with Crippen LogP contribution in [0.25, 0.3) is 0 Å². The van der Waals surface area contributed by atoms with Gasteiger partial charge in [-0.15, -0.1) is 0 Å². The number of carbonyl (C=O) groups excluding carboxylic acids is 2. The maximum atomic E-state index is 13.7. The zero-order chi connectivity index (χ0) is 17.3. The number of nitrogens with zero attached hydrogens (tertiary/aromatic N) is 1. The molecule has 0 aromatic heterocycles. The van der Waals surface area contributed by atoms with E-state index in [1.165, 1.54) is 11.0 Å². The predicted molar refractivity (Wildman–Crippen MR) is 91.4 cm³/mol. The molecule has 1 aliphatic rings. The van der Waals surface area contributed by atoms with Crippen molar-refractivity contribution in [3.63, 3.8) is 0 Å².